The van der Waals surface area contributed by atoms with Crippen LogP contribution in [-0.4, -0.2) is 45.2 Å². The minimum Gasteiger partial charge on any atom is -0.406 e. The molecule has 1 saturated carbocycles. The fraction of sp³-hybridized carbons (Fsp3) is 0.632. The number of hydrogen-bond donors (Lipinski definition) is 0. The number of hydrogen-bond acceptors (Lipinski definition) is 4. The third-order valence-electron chi connectivity index (χ3n) is 5.43. The number of carbonyl (C=O) groups is 1. The average molecular weight is 387 g/mol. The Morgan fingerprint density at radius 2 is 1.78 bits per heavy atom. The van der Waals surface area contributed by atoms with Gasteiger partial charge in [0.1, 0.15) is 5.75 Å². The predicted octanol–water partition coefficient (Wildman–Crippen LogP) is 3.91. The summed E-state index contributed by atoms with van der Waals surface area (Å²) in [7, 11) is 1.63. The van der Waals surface area contributed by atoms with Gasteiger partial charge in [0.2, 0.25) is 5.91 Å². The summed E-state index contributed by atoms with van der Waals surface area (Å²) in [5.41, 5.74) is 0.229. The van der Waals surface area contributed by atoms with Gasteiger partial charge in [0.15, 0.2) is 0 Å². The van der Waals surface area contributed by atoms with Crippen LogP contribution in [0.3, 0.4) is 0 Å². The van der Waals surface area contributed by atoms with E-state index in [0.29, 0.717) is 25.4 Å². The zero-order chi connectivity index (χ0) is 19.5. The molecule has 3 rings (SSSR count). The first-order valence-electron chi connectivity index (χ1n) is 9.11. The lowest BCUT2D eigenvalue weighted by atomic mass is 9.72. The predicted molar refractivity (Wildman–Crippen MR) is 92.6 cm³/mol. The van der Waals surface area contributed by atoms with Crippen LogP contribution in [0.25, 0.3) is 0 Å². The molecule has 8 heteroatoms. The number of carbonyl (C=O) groups excluding carboxylic acids is 1. The van der Waals surface area contributed by atoms with Gasteiger partial charge in [-0.05, 0) is 56.4 Å². The van der Waals surface area contributed by atoms with Crippen molar-refractivity contribution in [1.82, 2.24) is 0 Å². The quantitative estimate of drug-likeness (QED) is 0.695. The molecule has 0 radical (unpaired) electrons. The highest BCUT2D eigenvalue weighted by atomic mass is 19.4. The van der Waals surface area contributed by atoms with Crippen molar-refractivity contribution in [3.63, 3.8) is 0 Å². The molecule has 2 fully saturated rings. The lowest BCUT2D eigenvalue weighted by molar-refractivity contribution is -0.274. The summed E-state index contributed by atoms with van der Waals surface area (Å²) in [6.45, 7) is 1.69. The van der Waals surface area contributed by atoms with Gasteiger partial charge in [0.05, 0.1) is 24.7 Å². The molecule has 150 valence electrons. The maximum absolute atomic E-state index is 13.0. The first-order valence-corrected chi connectivity index (χ1v) is 9.11. The van der Waals surface area contributed by atoms with Gasteiger partial charge < -0.3 is 19.1 Å². The maximum atomic E-state index is 13.0. The largest absolute Gasteiger partial charge is 0.573 e. The molecule has 0 N–H and O–H groups in total. The van der Waals surface area contributed by atoms with Crippen molar-refractivity contribution in [1.29, 1.82) is 0 Å². The molecule has 5 nitrogen and oxygen atoms in total. The van der Waals surface area contributed by atoms with Gasteiger partial charge in [-0.2, -0.15) is 0 Å². The maximum Gasteiger partial charge on any atom is 0.573 e. The minimum absolute atomic E-state index is 0.0577. The minimum atomic E-state index is -4.72. The number of anilines is 1. The highest BCUT2D eigenvalue weighted by Crippen LogP contribution is 2.46. The molecule has 0 atom stereocenters. The molecule has 0 aromatic heterocycles. The van der Waals surface area contributed by atoms with E-state index in [4.69, 9.17) is 9.47 Å². The van der Waals surface area contributed by atoms with Gasteiger partial charge in [0.25, 0.3) is 0 Å². The number of rotatable bonds is 6. The number of alkyl halides is 3. The van der Waals surface area contributed by atoms with E-state index in [1.54, 1.807) is 12.0 Å². The molecule has 2 aliphatic rings. The first kappa shape index (κ1) is 19.9. The van der Waals surface area contributed by atoms with Crippen molar-refractivity contribution in [3.8, 4) is 5.75 Å². The average Bonchev–Trinajstić information content (AvgIpc) is 2.93. The molecular formula is C19H24F3NO4. The Morgan fingerprint density at radius 3 is 2.37 bits per heavy atom. The van der Waals surface area contributed by atoms with Crippen LogP contribution in [0.1, 0.15) is 32.1 Å². The van der Waals surface area contributed by atoms with E-state index in [-0.39, 0.29) is 23.2 Å². The lowest BCUT2D eigenvalue weighted by Gasteiger charge is -2.35. The van der Waals surface area contributed by atoms with Crippen LogP contribution in [0, 0.1) is 5.41 Å². The van der Waals surface area contributed by atoms with E-state index in [9.17, 15) is 18.0 Å². The Bertz CT molecular complexity index is 639. The number of halogens is 3. The third kappa shape index (κ3) is 4.73. The number of methoxy groups -OCH3 is 1. The van der Waals surface area contributed by atoms with Crippen molar-refractivity contribution < 1.29 is 32.2 Å². The van der Waals surface area contributed by atoms with Gasteiger partial charge in [-0.15, -0.1) is 13.2 Å². The molecule has 1 heterocycles. The highest BCUT2D eigenvalue weighted by molar-refractivity contribution is 6.00. The number of nitrogens with zero attached hydrogens (tertiary/aromatic N) is 1. The summed E-state index contributed by atoms with van der Waals surface area (Å²) < 4.78 is 51.4. The van der Waals surface area contributed by atoms with Crippen molar-refractivity contribution in [2.24, 2.45) is 5.41 Å². The Morgan fingerprint density at radius 1 is 1.11 bits per heavy atom. The Hall–Kier alpha value is -1.80. The van der Waals surface area contributed by atoms with Gasteiger partial charge in [-0.3, -0.25) is 4.79 Å². The second-order valence-electron chi connectivity index (χ2n) is 7.09. The van der Waals surface area contributed by atoms with Crippen LogP contribution in [0.15, 0.2) is 24.3 Å². The van der Waals surface area contributed by atoms with Gasteiger partial charge >= 0.3 is 6.36 Å². The van der Waals surface area contributed by atoms with E-state index >= 15 is 0 Å². The number of ether oxygens (including phenoxy) is 3. The van der Waals surface area contributed by atoms with E-state index in [2.05, 4.69) is 4.74 Å². The summed E-state index contributed by atoms with van der Waals surface area (Å²) in [4.78, 5) is 14.7. The van der Waals surface area contributed by atoms with Crippen LogP contribution in [0.4, 0.5) is 18.9 Å². The molecule has 0 bridgehead atoms. The molecule has 1 amide bonds. The summed E-state index contributed by atoms with van der Waals surface area (Å²) in [5.74, 6) is -0.233. The van der Waals surface area contributed by atoms with E-state index in [0.717, 1.165) is 32.1 Å². The smallest absolute Gasteiger partial charge is 0.406 e. The summed E-state index contributed by atoms with van der Waals surface area (Å²) in [6.07, 6.45) is -0.587. The molecule has 0 unspecified atom stereocenters. The SMILES string of the molecule is COCCO[C@H]1CC[C@]2(CCN(c3ccc(OC(F)(F)F)cc3)C2=O)CC1. The molecule has 1 aromatic carbocycles. The fourth-order valence-corrected chi connectivity index (χ4v) is 3.97. The van der Waals surface area contributed by atoms with E-state index in [1.807, 2.05) is 0 Å². The fourth-order valence-electron chi connectivity index (χ4n) is 3.97. The molecule has 1 spiro atoms. The molecule has 1 aromatic rings. The van der Waals surface area contributed by atoms with Crippen LogP contribution >= 0.6 is 0 Å². The van der Waals surface area contributed by atoms with Gasteiger partial charge in [-0.1, -0.05) is 0 Å². The van der Waals surface area contributed by atoms with Crippen LogP contribution in [0.5, 0.6) is 5.75 Å². The first-order chi connectivity index (χ1) is 12.8. The highest BCUT2D eigenvalue weighted by Gasteiger charge is 2.48. The summed E-state index contributed by atoms with van der Waals surface area (Å²) in [5, 5.41) is 0. The zero-order valence-corrected chi connectivity index (χ0v) is 15.3. The summed E-state index contributed by atoms with van der Waals surface area (Å²) >= 11 is 0. The number of amides is 1. The Balaban J connectivity index is 1.59. The van der Waals surface area contributed by atoms with Gasteiger partial charge in [-0.25, -0.2) is 0 Å². The number of benzene rings is 1. The van der Waals surface area contributed by atoms with Gasteiger partial charge in [0, 0.05) is 19.3 Å². The van der Waals surface area contributed by atoms with Crippen LogP contribution in [0.2, 0.25) is 0 Å². The Kier molecular flexibility index (Phi) is 5.95. The van der Waals surface area contributed by atoms with Crippen LogP contribution in [-0.2, 0) is 14.3 Å². The Labute approximate surface area is 156 Å². The topological polar surface area (TPSA) is 48.0 Å². The second-order valence-corrected chi connectivity index (χ2v) is 7.09. The van der Waals surface area contributed by atoms with Crippen molar-refractivity contribution in [2.45, 2.75) is 44.6 Å². The van der Waals surface area contributed by atoms with Crippen molar-refractivity contribution >= 4 is 11.6 Å². The summed E-state index contributed by atoms with van der Waals surface area (Å²) in [6, 6.07) is 5.47. The molecule has 1 aliphatic carbocycles. The van der Waals surface area contributed by atoms with Crippen LogP contribution < -0.4 is 9.64 Å². The van der Waals surface area contributed by atoms with Crippen molar-refractivity contribution in [3.05, 3.63) is 24.3 Å². The lowest BCUT2D eigenvalue weighted by Crippen LogP contribution is -2.39. The molecular weight excluding hydrogens is 363 g/mol. The van der Waals surface area contributed by atoms with E-state index in [1.165, 1.54) is 24.3 Å². The second kappa shape index (κ2) is 8.06. The molecule has 1 aliphatic heterocycles. The molecule has 1 saturated heterocycles. The van der Waals surface area contributed by atoms with E-state index < -0.39 is 6.36 Å². The molecule has 27 heavy (non-hydrogen) atoms. The zero-order valence-electron chi connectivity index (χ0n) is 15.3. The third-order valence-corrected chi connectivity index (χ3v) is 5.43. The monoisotopic (exact) mass is 387 g/mol. The van der Waals surface area contributed by atoms with Crippen molar-refractivity contribution in [2.75, 3.05) is 31.8 Å². The standard InChI is InChI=1S/C19H24F3NO4/c1-25-12-13-26-15-6-8-18(9-7-15)10-11-23(17(18)24)14-2-4-16(5-3-14)27-19(20,21)22/h2-5,15H,6-13H2,1H3/t15-,18+. The normalized spacial score (nSPS) is 26.0.